The van der Waals surface area contributed by atoms with Crippen LogP contribution in [0, 0.1) is 6.92 Å². The minimum Gasteiger partial charge on any atom is -0.370 e. The summed E-state index contributed by atoms with van der Waals surface area (Å²) in [4.78, 5) is 29.1. The highest BCUT2D eigenvalue weighted by atomic mass is 32.2. The number of benzene rings is 1. The molecule has 3 rings (SSSR count). The number of aryl methyl sites for hydroxylation is 1. The first-order valence-electron chi connectivity index (χ1n) is 11.0. The van der Waals surface area contributed by atoms with Crippen LogP contribution < -0.4 is 10.2 Å². The fraction of sp³-hybridized carbons (Fsp3) is 0.478. The average molecular weight is 478 g/mol. The number of ketones is 1. The molecule has 1 aliphatic rings. The zero-order valence-electron chi connectivity index (χ0n) is 18.9. The quantitative estimate of drug-likeness (QED) is 0.516. The van der Waals surface area contributed by atoms with E-state index < -0.39 is 10.0 Å². The van der Waals surface area contributed by atoms with Crippen molar-refractivity contribution in [1.29, 1.82) is 0 Å². The molecule has 9 heteroatoms. The van der Waals surface area contributed by atoms with Crippen molar-refractivity contribution in [2.45, 2.75) is 51.3 Å². The van der Waals surface area contributed by atoms with Crippen LogP contribution in [-0.4, -0.2) is 50.6 Å². The fourth-order valence-corrected chi connectivity index (χ4v) is 6.19. The van der Waals surface area contributed by atoms with E-state index in [1.165, 1.54) is 15.6 Å². The summed E-state index contributed by atoms with van der Waals surface area (Å²) in [6.45, 7) is 8.01. The summed E-state index contributed by atoms with van der Waals surface area (Å²) in [5.74, 6) is -0.361. The molecule has 0 unspecified atom stereocenters. The molecule has 1 saturated heterocycles. The molecule has 174 valence electrons. The van der Waals surface area contributed by atoms with Crippen LogP contribution in [0.5, 0.6) is 0 Å². The molecule has 0 radical (unpaired) electrons. The molecule has 0 aliphatic carbocycles. The molecule has 0 spiro atoms. The van der Waals surface area contributed by atoms with Crippen LogP contribution in [-0.2, 0) is 14.8 Å². The first kappa shape index (κ1) is 24.4. The average Bonchev–Trinajstić information content (AvgIpc) is 3.44. The van der Waals surface area contributed by atoms with Gasteiger partial charge in [0.15, 0.2) is 5.78 Å². The van der Waals surface area contributed by atoms with Gasteiger partial charge in [-0.3, -0.25) is 9.59 Å². The molecule has 1 N–H and O–H groups in total. The summed E-state index contributed by atoms with van der Waals surface area (Å²) < 4.78 is 27.4. The number of hydrogen-bond donors (Lipinski definition) is 1. The third-order valence-electron chi connectivity index (χ3n) is 5.63. The maximum Gasteiger partial charge on any atom is 0.243 e. The van der Waals surface area contributed by atoms with Crippen LogP contribution >= 0.6 is 11.3 Å². The second kappa shape index (κ2) is 10.6. The predicted molar refractivity (Wildman–Crippen MR) is 129 cm³/mol. The molecule has 1 aliphatic heterocycles. The van der Waals surface area contributed by atoms with Gasteiger partial charge in [-0.25, -0.2) is 8.42 Å². The Kier molecular flexibility index (Phi) is 8.08. The lowest BCUT2D eigenvalue weighted by atomic mass is 10.1. The zero-order valence-corrected chi connectivity index (χ0v) is 20.5. The van der Waals surface area contributed by atoms with E-state index in [1.54, 1.807) is 38.1 Å². The normalized spacial score (nSPS) is 14.2. The van der Waals surface area contributed by atoms with Crippen LogP contribution in [0.3, 0.4) is 0 Å². The largest absolute Gasteiger partial charge is 0.370 e. The summed E-state index contributed by atoms with van der Waals surface area (Å²) in [5, 5.41) is 2.87. The van der Waals surface area contributed by atoms with E-state index in [0.717, 1.165) is 36.5 Å². The highest BCUT2D eigenvalue weighted by Crippen LogP contribution is 2.32. The van der Waals surface area contributed by atoms with Crippen LogP contribution in [0.1, 0.15) is 54.1 Å². The number of carbonyl (C=O) groups excluding carboxylic acids is 2. The molecule has 32 heavy (non-hydrogen) atoms. The number of nitrogens with zero attached hydrogens (tertiary/aromatic N) is 2. The second-order valence-corrected chi connectivity index (χ2v) is 11.1. The fourth-order valence-electron chi connectivity index (χ4n) is 3.87. The van der Waals surface area contributed by atoms with Crippen molar-refractivity contribution in [1.82, 2.24) is 4.31 Å². The van der Waals surface area contributed by atoms with Crippen LogP contribution in [0.4, 0.5) is 11.4 Å². The Hall–Kier alpha value is -2.23. The van der Waals surface area contributed by atoms with E-state index in [4.69, 9.17) is 0 Å². The lowest BCUT2D eigenvalue weighted by Crippen LogP contribution is -2.31. The number of hydrogen-bond acceptors (Lipinski definition) is 6. The van der Waals surface area contributed by atoms with Crippen molar-refractivity contribution >= 4 is 44.4 Å². The second-order valence-electron chi connectivity index (χ2n) is 7.84. The number of amides is 1. The maximum absolute atomic E-state index is 13.0. The summed E-state index contributed by atoms with van der Waals surface area (Å²) >= 11 is 1.42. The number of thiophene rings is 1. The van der Waals surface area contributed by atoms with Crippen LogP contribution in [0.15, 0.2) is 35.2 Å². The van der Waals surface area contributed by atoms with Gasteiger partial charge in [-0.05, 0) is 50.1 Å². The Labute approximate surface area is 194 Å². The maximum atomic E-state index is 13.0. The molecule has 0 saturated carbocycles. The zero-order chi connectivity index (χ0) is 23.3. The molecule has 1 aromatic carbocycles. The van der Waals surface area contributed by atoms with Crippen molar-refractivity contribution in [2.75, 3.05) is 36.4 Å². The lowest BCUT2D eigenvalue weighted by Gasteiger charge is -2.24. The summed E-state index contributed by atoms with van der Waals surface area (Å²) in [6.07, 6.45) is 2.27. The molecule has 1 aromatic heterocycles. The van der Waals surface area contributed by atoms with E-state index in [-0.39, 0.29) is 29.4 Å². The topological polar surface area (TPSA) is 86.8 Å². The molecule has 1 amide bonds. The molecule has 0 atom stereocenters. The molecule has 0 bridgehead atoms. The molecule has 2 heterocycles. The Morgan fingerprint density at radius 1 is 1.06 bits per heavy atom. The van der Waals surface area contributed by atoms with Crippen molar-refractivity contribution in [3.05, 3.63) is 40.1 Å². The minimum atomic E-state index is -3.65. The van der Waals surface area contributed by atoms with Gasteiger partial charge < -0.3 is 10.2 Å². The van der Waals surface area contributed by atoms with Crippen molar-refractivity contribution in [3.8, 4) is 0 Å². The number of sulfonamides is 1. The Bertz CT molecular complexity index is 1070. The Balaban J connectivity index is 1.80. The monoisotopic (exact) mass is 477 g/mol. The van der Waals surface area contributed by atoms with Gasteiger partial charge in [0.1, 0.15) is 0 Å². The Morgan fingerprint density at radius 2 is 1.75 bits per heavy atom. The molecular weight excluding hydrogens is 446 g/mol. The van der Waals surface area contributed by atoms with E-state index >= 15 is 0 Å². The van der Waals surface area contributed by atoms with Gasteiger partial charge in [-0.2, -0.15) is 4.31 Å². The lowest BCUT2D eigenvalue weighted by molar-refractivity contribution is -0.116. The summed E-state index contributed by atoms with van der Waals surface area (Å²) in [6, 6.07) is 8.61. The number of nitrogens with one attached hydrogen (secondary N) is 1. The SMILES string of the molecule is CCN(CC)S(=O)(=O)c1ccc(N2CCCC2)c(NC(=O)CCC(=O)c2ccc(C)s2)c1. The number of rotatable bonds is 10. The van der Waals surface area contributed by atoms with Crippen LogP contribution in [0.2, 0.25) is 0 Å². The smallest absolute Gasteiger partial charge is 0.243 e. The van der Waals surface area contributed by atoms with Gasteiger partial charge >= 0.3 is 0 Å². The number of anilines is 2. The number of Topliss-reactive ketones (excluding diaryl/α,β-unsaturated/α-hetero) is 1. The summed E-state index contributed by atoms with van der Waals surface area (Å²) in [7, 11) is -3.65. The van der Waals surface area contributed by atoms with Crippen LogP contribution in [0.25, 0.3) is 0 Å². The van der Waals surface area contributed by atoms with E-state index in [1.807, 2.05) is 13.0 Å². The summed E-state index contributed by atoms with van der Waals surface area (Å²) in [5.41, 5.74) is 1.29. The van der Waals surface area contributed by atoms with Crippen molar-refractivity contribution in [3.63, 3.8) is 0 Å². The van der Waals surface area contributed by atoms with E-state index in [0.29, 0.717) is 23.7 Å². The van der Waals surface area contributed by atoms with Gasteiger partial charge in [0.25, 0.3) is 0 Å². The first-order valence-corrected chi connectivity index (χ1v) is 13.3. The highest BCUT2D eigenvalue weighted by molar-refractivity contribution is 7.89. The number of carbonyl (C=O) groups is 2. The molecular formula is C23H31N3O4S2. The van der Waals surface area contributed by atoms with Gasteiger partial charge in [-0.1, -0.05) is 13.8 Å². The molecule has 1 fully saturated rings. The van der Waals surface area contributed by atoms with Gasteiger partial charge in [0.05, 0.1) is 21.1 Å². The van der Waals surface area contributed by atoms with Gasteiger partial charge in [0, 0.05) is 43.9 Å². The van der Waals surface area contributed by atoms with E-state index in [9.17, 15) is 18.0 Å². The van der Waals surface area contributed by atoms with E-state index in [2.05, 4.69) is 10.2 Å². The standard InChI is InChI=1S/C23H31N3O4S2/c1-4-26(5-2)32(29,30)18-9-10-20(25-14-6-7-15-25)19(16-18)24-23(28)13-11-21(27)22-12-8-17(3)31-22/h8-10,12,16H,4-7,11,13-15H2,1-3H3,(H,24,28). The minimum absolute atomic E-state index is 0.0439. The first-order chi connectivity index (χ1) is 15.3. The van der Waals surface area contributed by atoms with Crippen molar-refractivity contribution in [2.24, 2.45) is 0 Å². The third kappa shape index (κ3) is 5.57. The van der Waals surface area contributed by atoms with Crippen molar-refractivity contribution < 1.29 is 18.0 Å². The third-order valence-corrected chi connectivity index (χ3v) is 8.71. The van der Waals surface area contributed by atoms with Gasteiger partial charge in [-0.15, -0.1) is 11.3 Å². The van der Waals surface area contributed by atoms with Gasteiger partial charge in [0.2, 0.25) is 15.9 Å². The Morgan fingerprint density at radius 3 is 2.34 bits per heavy atom. The molecule has 2 aromatic rings. The highest BCUT2D eigenvalue weighted by Gasteiger charge is 2.25. The molecule has 7 nitrogen and oxygen atoms in total. The predicted octanol–water partition coefficient (Wildman–Crippen LogP) is 4.29.